The fourth-order valence-electron chi connectivity index (χ4n) is 3.56. The number of hydrogen-bond donors (Lipinski definition) is 2. The predicted molar refractivity (Wildman–Crippen MR) is 98.9 cm³/mol. The van der Waals surface area contributed by atoms with Crippen LogP contribution in [0.25, 0.3) is 0 Å². The van der Waals surface area contributed by atoms with E-state index >= 15 is 0 Å². The van der Waals surface area contributed by atoms with E-state index in [0.717, 1.165) is 19.4 Å². The van der Waals surface area contributed by atoms with E-state index in [1.807, 2.05) is 9.80 Å². The van der Waals surface area contributed by atoms with Gasteiger partial charge < -0.3 is 20.4 Å². The van der Waals surface area contributed by atoms with Crippen molar-refractivity contribution in [1.82, 2.24) is 15.1 Å². The van der Waals surface area contributed by atoms with Crippen LogP contribution < -0.4 is 10.6 Å². The van der Waals surface area contributed by atoms with Gasteiger partial charge in [-0.15, -0.1) is 0 Å². The van der Waals surface area contributed by atoms with Crippen molar-refractivity contribution in [3.63, 3.8) is 0 Å². The summed E-state index contributed by atoms with van der Waals surface area (Å²) in [4.78, 5) is 40.3. The second-order valence-electron chi connectivity index (χ2n) is 6.79. The topological polar surface area (TPSA) is 81.8 Å². The predicted octanol–water partition coefficient (Wildman–Crippen LogP) is 1.07. The Kier molecular flexibility index (Phi) is 5.88. The third-order valence-corrected chi connectivity index (χ3v) is 4.96. The number of amides is 3. The molecule has 26 heavy (non-hydrogen) atoms. The van der Waals surface area contributed by atoms with Crippen LogP contribution >= 0.6 is 0 Å². The zero-order valence-electron chi connectivity index (χ0n) is 15.2. The summed E-state index contributed by atoms with van der Waals surface area (Å²) in [6, 6.07) is 7.13. The van der Waals surface area contributed by atoms with Crippen molar-refractivity contribution < 1.29 is 14.4 Å². The Bertz CT molecular complexity index is 691. The summed E-state index contributed by atoms with van der Waals surface area (Å²) in [6.45, 7) is 4.93. The Balaban J connectivity index is 1.68. The Morgan fingerprint density at radius 3 is 2.92 bits per heavy atom. The number of nitrogens with one attached hydrogen (secondary N) is 2. The third kappa shape index (κ3) is 4.22. The number of piperidine rings is 1. The van der Waals surface area contributed by atoms with E-state index in [9.17, 15) is 14.4 Å². The first kappa shape index (κ1) is 18.4. The Labute approximate surface area is 153 Å². The average Bonchev–Trinajstić information content (AvgIpc) is 2.68. The van der Waals surface area contributed by atoms with Gasteiger partial charge >= 0.3 is 0 Å². The molecule has 1 atom stereocenters. The van der Waals surface area contributed by atoms with Gasteiger partial charge in [0.25, 0.3) is 5.91 Å². The van der Waals surface area contributed by atoms with Crippen LogP contribution in [0.4, 0.5) is 5.69 Å². The molecule has 1 aromatic carbocycles. The van der Waals surface area contributed by atoms with Crippen LogP contribution in [0.15, 0.2) is 24.3 Å². The fraction of sp³-hybridized carbons (Fsp3) is 0.526. The van der Waals surface area contributed by atoms with Crippen molar-refractivity contribution >= 4 is 23.4 Å². The summed E-state index contributed by atoms with van der Waals surface area (Å²) < 4.78 is 0. The number of hydrogen-bond acceptors (Lipinski definition) is 4. The molecule has 0 aliphatic carbocycles. The van der Waals surface area contributed by atoms with E-state index in [1.54, 1.807) is 31.2 Å². The maximum absolute atomic E-state index is 12.9. The maximum Gasteiger partial charge on any atom is 0.253 e. The zero-order valence-corrected chi connectivity index (χ0v) is 15.2. The number of piperazine rings is 1. The minimum absolute atomic E-state index is 0.0510. The van der Waals surface area contributed by atoms with E-state index in [-0.39, 0.29) is 23.8 Å². The van der Waals surface area contributed by atoms with Gasteiger partial charge in [0.05, 0.1) is 6.54 Å². The maximum atomic E-state index is 12.9. The van der Waals surface area contributed by atoms with E-state index in [4.69, 9.17) is 0 Å². The molecule has 3 rings (SSSR count). The molecule has 2 N–H and O–H groups in total. The lowest BCUT2D eigenvalue weighted by Gasteiger charge is -2.41. The van der Waals surface area contributed by atoms with Crippen LogP contribution in [-0.4, -0.2) is 66.3 Å². The SMILES string of the molecule is CCC(=O)Nc1cccc(C(=O)N2CCCC(N3CCNCC3=O)C2)c1. The van der Waals surface area contributed by atoms with E-state index in [1.165, 1.54) is 0 Å². The Morgan fingerprint density at radius 1 is 1.31 bits per heavy atom. The van der Waals surface area contributed by atoms with Gasteiger partial charge in [-0.2, -0.15) is 0 Å². The third-order valence-electron chi connectivity index (χ3n) is 4.96. The molecule has 2 heterocycles. The lowest BCUT2D eigenvalue weighted by atomic mass is 10.0. The number of rotatable bonds is 4. The van der Waals surface area contributed by atoms with Crippen molar-refractivity contribution in [3.05, 3.63) is 29.8 Å². The van der Waals surface area contributed by atoms with Gasteiger partial charge in [-0.05, 0) is 31.0 Å². The van der Waals surface area contributed by atoms with Crippen LogP contribution in [0, 0.1) is 0 Å². The van der Waals surface area contributed by atoms with Gasteiger partial charge in [0.2, 0.25) is 11.8 Å². The molecule has 2 fully saturated rings. The fourth-order valence-corrected chi connectivity index (χ4v) is 3.56. The van der Waals surface area contributed by atoms with Crippen molar-refractivity contribution in [2.75, 3.05) is 38.0 Å². The molecule has 0 radical (unpaired) electrons. The molecule has 0 saturated carbocycles. The second-order valence-corrected chi connectivity index (χ2v) is 6.79. The average molecular weight is 358 g/mol. The molecule has 2 aliphatic heterocycles. The lowest BCUT2D eigenvalue weighted by Crippen LogP contribution is -2.57. The molecule has 0 spiro atoms. The summed E-state index contributed by atoms with van der Waals surface area (Å²) in [6.07, 6.45) is 2.21. The summed E-state index contributed by atoms with van der Waals surface area (Å²) in [5.41, 5.74) is 1.19. The number of anilines is 1. The number of carbonyl (C=O) groups excluding carboxylic acids is 3. The highest BCUT2D eigenvalue weighted by Crippen LogP contribution is 2.20. The summed E-state index contributed by atoms with van der Waals surface area (Å²) in [5, 5.41) is 5.87. The first-order chi connectivity index (χ1) is 12.6. The van der Waals surface area contributed by atoms with Gasteiger partial charge in [0.15, 0.2) is 0 Å². The Hall–Kier alpha value is -2.41. The molecule has 140 valence electrons. The monoisotopic (exact) mass is 358 g/mol. The van der Waals surface area contributed by atoms with Gasteiger partial charge in [0, 0.05) is 49.9 Å². The standard InChI is InChI=1S/C19H26N4O3/c1-2-17(24)21-15-6-3-5-14(11-15)19(26)22-9-4-7-16(13-22)23-10-8-20-12-18(23)25/h3,5-6,11,16,20H,2,4,7-10,12-13H2,1H3,(H,21,24). The highest BCUT2D eigenvalue weighted by Gasteiger charge is 2.31. The van der Waals surface area contributed by atoms with E-state index in [0.29, 0.717) is 43.9 Å². The van der Waals surface area contributed by atoms with Gasteiger partial charge in [-0.1, -0.05) is 13.0 Å². The summed E-state index contributed by atoms with van der Waals surface area (Å²) in [5.74, 6) is -0.0189. The van der Waals surface area contributed by atoms with Crippen LogP contribution in [0.3, 0.4) is 0 Å². The largest absolute Gasteiger partial charge is 0.337 e. The number of benzene rings is 1. The molecule has 1 aromatic rings. The van der Waals surface area contributed by atoms with Crippen molar-refractivity contribution in [3.8, 4) is 0 Å². The first-order valence-electron chi connectivity index (χ1n) is 9.28. The minimum atomic E-state index is -0.0788. The molecule has 7 heteroatoms. The molecule has 2 aliphatic rings. The first-order valence-corrected chi connectivity index (χ1v) is 9.28. The van der Waals surface area contributed by atoms with Gasteiger partial charge in [0.1, 0.15) is 0 Å². The van der Waals surface area contributed by atoms with E-state index < -0.39 is 0 Å². The van der Waals surface area contributed by atoms with Crippen molar-refractivity contribution in [2.24, 2.45) is 0 Å². The molecule has 1 unspecified atom stereocenters. The number of carbonyl (C=O) groups is 3. The molecule has 7 nitrogen and oxygen atoms in total. The molecular weight excluding hydrogens is 332 g/mol. The molecule has 3 amide bonds. The molecule has 0 bridgehead atoms. The van der Waals surface area contributed by atoms with Crippen LogP contribution in [0.2, 0.25) is 0 Å². The van der Waals surface area contributed by atoms with E-state index in [2.05, 4.69) is 10.6 Å². The second kappa shape index (κ2) is 8.31. The number of likely N-dealkylation sites (tertiary alicyclic amines) is 1. The highest BCUT2D eigenvalue weighted by molar-refractivity contribution is 5.97. The molecular formula is C19H26N4O3. The lowest BCUT2D eigenvalue weighted by molar-refractivity contribution is -0.135. The Morgan fingerprint density at radius 2 is 2.15 bits per heavy atom. The van der Waals surface area contributed by atoms with Gasteiger partial charge in [-0.3, -0.25) is 14.4 Å². The van der Waals surface area contributed by atoms with Crippen LogP contribution in [0.5, 0.6) is 0 Å². The number of nitrogens with zero attached hydrogens (tertiary/aromatic N) is 2. The summed E-state index contributed by atoms with van der Waals surface area (Å²) in [7, 11) is 0. The smallest absolute Gasteiger partial charge is 0.253 e. The van der Waals surface area contributed by atoms with Crippen molar-refractivity contribution in [1.29, 1.82) is 0 Å². The van der Waals surface area contributed by atoms with Crippen LogP contribution in [-0.2, 0) is 9.59 Å². The van der Waals surface area contributed by atoms with Gasteiger partial charge in [-0.25, -0.2) is 0 Å². The zero-order chi connectivity index (χ0) is 18.5. The molecule has 2 saturated heterocycles. The van der Waals surface area contributed by atoms with Crippen molar-refractivity contribution in [2.45, 2.75) is 32.2 Å². The minimum Gasteiger partial charge on any atom is -0.337 e. The highest BCUT2D eigenvalue weighted by atomic mass is 16.2. The van der Waals surface area contributed by atoms with Crippen LogP contribution in [0.1, 0.15) is 36.5 Å². The normalized spacial score (nSPS) is 20.8. The molecule has 0 aromatic heterocycles. The summed E-state index contributed by atoms with van der Waals surface area (Å²) >= 11 is 0. The quantitative estimate of drug-likeness (QED) is 0.844.